The number of amides is 3. The number of nitrogens with one attached hydrogen (secondary N) is 3. The monoisotopic (exact) mass is 907 g/mol. The highest BCUT2D eigenvalue weighted by Gasteiger charge is 2.30. The van der Waals surface area contributed by atoms with E-state index >= 15 is 0 Å². The average Bonchev–Trinajstić information content (AvgIpc) is 3.60. The second kappa shape index (κ2) is 20.0. The standard InChI is InChI=1S/C23H19FN4O4S.C22H20FN3O4S/c1-15-6-10-17(11-7-15)28(33(31,32)18-12-8-16(24)9-13-18)14-21(29)26-27-22-19-4-2-3-5-20(19)25-23(22)30;1-16-6-10-19(11-7-16)26(31(29,30)20-12-8-18(23)9-13-20)15-22(28)25-24-14-17-4-2-3-5-21(17)27/h2-13H,14H2,1H3,(H,26,29)(H,25,27,30);2-14,27H,15H2,1H3,(H,25,28). The summed E-state index contributed by atoms with van der Waals surface area (Å²) in [7, 11) is -8.35. The number of rotatable bonds is 13. The smallest absolute Gasteiger partial charge is 0.276 e. The van der Waals surface area contributed by atoms with Crippen molar-refractivity contribution in [2.75, 3.05) is 27.0 Å². The van der Waals surface area contributed by atoms with Crippen LogP contribution in [-0.4, -0.2) is 64.7 Å². The Labute approximate surface area is 367 Å². The van der Waals surface area contributed by atoms with Crippen LogP contribution in [-0.2, 0) is 34.4 Å². The lowest BCUT2D eigenvalue weighted by Gasteiger charge is -2.23. The van der Waals surface area contributed by atoms with Gasteiger partial charge in [0.1, 0.15) is 30.5 Å². The van der Waals surface area contributed by atoms with Gasteiger partial charge in [0, 0.05) is 11.1 Å². The molecule has 0 aromatic heterocycles. The number of carbonyl (C=O) groups excluding carboxylic acids is 3. The summed E-state index contributed by atoms with van der Waals surface area (Å²) in [6.45, 7) is 2.53. The summed E-state index contributed by atoms with van der Waals surface area (Å²) in [6.07, 6.45) is 1.25. The van der Waals surface area contributed by atoms with Crippen molar-refractivity contribution in [3.05, 3.63) is 179 Å². The van der Waals surface area contributed by atoms with Crippen molar-refractivity contribution in [2.45, 2.75) is 23.6 Å². The highest BCUT2D eigenvalue weighted by Crippen LogP contribution is 2.27. The maximum atomic E-state index is 13.3. The van der Waals surface area contributed by atoms with Crippen molar-refractivity contribution < 1.29 is 45.1 Å². The van der Waals surface area contributed by atoms with E-state index in [1.54, 1.807) is 91.0 Å². The molecule has 3 amide bonds. The lowest BCUT2D eigenvalue weighted by molar-refractivity contribution is -0.120. The Kier molecular flexibility index (Phi) is 14.3. The third-order valence-electron chi connectivity index (χ3n) is 9.29. The number of aromatic hydroxyl groups is 1. The highest BCUT2D eigenvalue weighted by molar-refractivity contribution is 7.93. The average molecular weight is 908 g/mol. The molecule has 0 spiro atoms. The molecular weight excluding hydrogens is 869 g/mol. The summed E-state index contributed by atoms with van der Waals surface area (Å²) in [4.78, 5) is 37.0. The van der Waals surface area contributed by atoms with E-state index in [9.17, 15) is 45.1 Å². The van der Waals surface area contributed by atoms with Crippen LogP contribution in [0.15, 0.2) is 166 Å². The molecule has 0 saturated carbocycles. The van der Waals surface area contributed by atoms with Crippen LogP contribution in [0.3, 0.4) is 0 Å². The zero-order chi connectivity index (χ0) is 46.0. The molecule has 0 aliphatic carbocycles. The van der Waals surface area contributed by atoms with Crippen molar-refractivity contribution in [3.8, 4) is 5.75 Å². The van der Waals surface area contributed by atoms with Gasteiger partial charge in [-0.05, 0) is 105 Å². The summed E-state index contributed by atoms with van der Waals surface area (Å²) >= 11 is 0. The van der Waals surface area contributed by atoms with Crippen molar-refractivity contribution in [3.63, 3.8) is 0 Å². The minimum atomic E-state index is -4.20. The van der Waals surface area contributed by atoms with Gasteiger partial charge in [-0.25, -0.2) is 36.5 Å². The van der Waals surface area contributed by atoms with E-state index in [1.165, 1.54) is 12.3 Å². The van der Waals surface area contributed by atoms with Gasteiger partial charge in [0.05, 0.1) is 33.1 Å². The lowest BCUT2D eigenvalue weighted by atomic mass is 10.1. The fourth-order valence-corrected chi connectivity index (χ4v) is 8.80. The van der Waals surface area contributed by atoms with E-state index in [0.29, 0.717) is 16.8 Å². The Balaban J connectivity index is 0.000000213. The number of halogens is 2. The van der Waals surface area contributed by atoms with E-state index in [-0.39, 0.29) is 32.6 Å². The number of sulfonamides is 2. The minimum Gasteiger partial charge on any atom is -0.507 e. The first-order valence-electron chi connectivity index (χ1n) is 19.1. The molecule has 0 unspecified atom stereocenters. The van der Waals surface area contributed by atoms with Gasteiger partial charge in [0.25, 0.3) is 37.8 Å². The SMILES string of the molecule is Cc1ccc(N(CC(=O)NN=C2C(=O)Nc3ccccc32)S(=O)(=O)c2ccc(F)cc2)cc1.Cc1ccc(N(CC(=O)NN=Cc2ccccc2O)S(=O)(=O)c2ccc(F)cc2)cc1. The predicted octanol–water partition coefficient (Wildman–Crippen LogP) is 5.99. The minimum absolute atomic E-state index is 0.0133. The molecule has 1 heterocycles. The zero-order valence-electron chi connectivity index (χ0n) is 34.0. The largest absolute Gasteiger partial charge is 0.507 e. The van der Waals surface area contributed by atoms with Crippen LogP contribution >= 0.6 is 0 Å². The molecule has 0 atom stereocenters. The number of para-hydroxylation sites is 2. The second-order valence-electron chi connectivity index (χ2n) is 13.9. The molecule has 0 saturated heterocycles. The van der Waals surface area contributed by atoms with E-state index in [2.05, 4.69) is 26.4 Å². The molecule has 7 rings (SSSR count). The van der Waals surface area contributed by atoms with Gasteiger partial charge in [0.2, 0.25) is 0 Å². The Morgan fingerprint density at radius 3 is 1.59 bits per heavy atom. The summed E-state index contributed by atoms with van der Waals surface area (Å²) in [5.41, 5.74) is 8.35. The summed E-state index contributed by atoms with van der Waals surface area (Å²) in [5.74, 6) is -3.10. The van der Waals surface area contributed by atoms with Gasteiger partial charge in [-0.3, -0.25) is 23.0 Å². The number of hydrogen-bond donors (Lipinski definition) is 4. The normalized spacial score (nSPS) is 12.8. The Bertz CT molecular complexity index is 2950. The zero-order valence-corrected chi connectivity index (χ0v) is 35.6. The Morgan fingerprint density at radius 2 is 1.09 bits per heavy atom. The van der Waals surface area contributed by atoms with Crippen LogP contribution < -0.4 is 24.8 Å². The molecule has 0 bridgehead atoms. The van der Waals surface area contributed by atoms with Gasteiger partial charge >= 0.3 is 0 Å². The highest BCUT2D eigenvalue weighted by atomic mass is 32.2. The molecule has 1 aliphatic heterocycles. The molecule has 6 aromatic carbocycles. The number of anilines is 3. The van der Waals surface area contributed by atoms with Crippen LogP contribution in [0.25, 0.3) is 0 Å². The number of hydrogen-bond acceptors (Lipinski definition) is 10. The molecule has 0 fully saturated rings. The second-order valence-corrected chi connectivity index (χ2v) is 17.7. The molecule has 4 N–H and O–H groups in total. The summed E-state index contributed by atoms with van der Waals surface area (Å²) < 4.78 is 81.2. The van der Waals surface area contributed by atoms with Crippen LogP contribution in [0.2, 0.25) is 0 Å². The molecule has 19 heteroatoms. The van der Waals surface area contributed by atoms with Crippen molar-refractivity contribution in [2.24, 2.45) is 10.2 Å². The predicted molar refractivity (Wildman–Crippen MR) is 238 cm³/mol. The van der Waals surface area contributed by atoms with Gasteiger partial charge in [0.15, 0.2) is 5.71 Å². The third kappa shape index (κ3) is 11.2. The van der Waals surface area contributed by atoms with Crippen molar-refractivity contribution in [1.82, 2.24) is 10.9 Å². The van der Waals surface area contributed by atoms with Crippen molar-refractivity contribution in [1.29, 1.82) is 0 Å². The van der Waals surface area contributed by atoms with Crippen LogP contribution in [0.4, 0.5) is 25.8 Å². The maximum Gasteiger partial charge on any atom is 0.276 e. The van der Waals surface area contributed by atoms with Crippen LogP contribution in [0.5, 0.6) is 5.75 Å². The topological polar surface area (TPSA) is 207 Å². The molecule has 64 heavy (non-hydrogen) atoms. The number of benzene rings is 6. The number of carbonyl (C=O) groups is 3. The van der Waals surface area contributed by atoms with Crippen LogP contribution in [0, 0.1) is 25.5 Å². The van der Waals surface area contributed by atoms with E-state index in [0.717, 1.165) is 68.3 Å². The van der Waals surface area contributed by atoms with Crippen LogP contribution in [0.1, 0.15) is 22.3 Å². The van der Waals surface area contributed by atoms with E-state index in [1.807, 2.05) is 13.8 Å². The number of hydrazone groups is 2. The van der Waals surface area contributed by atoms with Gasteiger partial charge in [-0.1, -0.05) is 65.7 Å². The van der Waals surface area contributed by atoms with Gasteiger partial charge < -0.3 is 10.4 Å². The summed E-state index contributed by atoms with van der Waals surface area (Å²) in [6, 6.07) is 35.1. The molecule has 1 aliphatic rings. The first-order chi connectivity index (χ1) is 30.5. The summed E-state index contributed by atoms with van der Waals surface area (Å²) in [5, 5.41) is 20.0. The van der Waals surface area contributed by atoms with E-state index < -0.39 is 62.5 Å². The third-order valence-corrected chi connectivity index (χ3v) is 12.9. The van der Waals surface area contributed by atoms with Gasteiger partial charge in [-0.2, -0.15) is 10.2 Å². The molecule has 15 nitrogen and oxygen atoms in total. The Morgan fingerprint density at radius 1 is 0.641 bits per heavy atom. The van der Waals surface area contributed by atoms with Gasteiger partial charge in [-0.15, -0.1) is 0 Å². The number of fused-ring (bicyclic) bond motifs is 1. The fraction of sp³-hybridized carbons (Fsp3) is 0.0889. The Hall–Kier alpha value is -7.77. The first-order valence-corrected chi connectivity index (χ1v) is 22.0. The lowest BCUT2D eigenvalue weighted by Crippen LogP contribution is -2.40. The number of phenolic OH excluding ortho intramolecular Hbond substituents is 1. The number of phenols is 1. The number of nitrogens with zero attached hydrogens (tertiary/aromatic N) is 4. The maximum absolute atomic E-state index is 13.3. The molecule has 328 valence electrons. The molecular formula is C45H39F2N7O8S2. The first kappa shape index (κ1) is 45.7. The molecule has 0 radical (unpaired) electrons. The van der Waals surface area contributed by atoms with E-state index in [4.69, 9.17) is 0 Å². The fourth-order valence-electron chi connectivity index (χ4n) is 5.95. The molecule has 6 aromatic rings. The quantitative estimate of drug-likeness (QED) is 0.0799. The van der Waals surface area contributed by atoms with Crippen molar-refractivity contribution >= 4 is 66.8 Å². The number of aryl methyl sites for hydroxylation is 2.